The standard InChI is InChI=1S/C30H36F3N5O4/c1-15-23(28(39)37-18-8-9-21(20(31)12-18)38-29(40)42-30(2,3)4)25-26(36-15)24(34-14-35-25)19-11-17(27(32)33)7-10-22(19)41-13-16-5-6-16/h7,10-11,14,16,18,20-21,27,36H,5-6,8-9,12-13H2,1-4H3,(H,37,39)(H,38,40)/t18-,20+,21-/m0/s1. The molecule has 0 radical (unpaired) electrons. The number of carbonyl (C=O) groups excluding carboxylic acids is 2. The third-order valence-electron chi connectivity index (χ3n) is 7.49. The summed E-state index contributed by atoms with van der Waals surface area (Å²) < 4.78 is 53.4. The molecule has 2 aliphatic carbocycles. The first kappa shape index (κ1) is 29.7. The van der Waals surface area contributed by atoms with Gasteiger partial charge in [-0.15, -0.1) is 0 Å². The van der Waals surface area contributed by atoms with Gasteiger partial charge in [-0.25, -0.2) is 27.9 Å². The quantitative estimate of drug-likeness (QED) is 0.290. The first-order chi connectivity index (χ1) is 19.9. The number of hydrogen-bond donors (Lipinski definition) is 3. The van der Waals surface area contributed by atoms with Crippen LogP contribution in [-0.2, 0) is 4.74 Å². The summed E-state index contributed by atoms with van der Waals surface area (Å²) in [7, 11) is 0. The molecule has 12 heteroatoms. The normalized spacial score (nSPS) is 20.9. The minimum Gasteiger partial charge on any atom is -0.493 e. The number of nitrogens with one attached hydrogen (secondary N) is 3. The van der Waals surface area contributed by atoms with Crippen molar-refractivity contribution >= 4 is 23.0 Å². The number of alkyl carbamates (subject to hydrolysis) is 1. The fraction of sp³-hybridized carbons (Fsp3) is 0.533. The molecular weight excluding hydrogens is 551 g/mol. The number of halogens is 3. The van der Waals surface area contributed by atoms with Gasteiger partial charge < -0.3 is 25.1 Å². The SMILES string of the molecule is Cc1[nH]c2c(-c3cc(C(F)F)ccc3OCC3CC3)ncnc2c1C(=O)N[C@H]1CC[C@H](NC(=O)OC(C)(C)C)[C@H](F)C1. The Morgan fingerprint density at radius 1 is 1.12 bits per heavy atom. The second-order valence-corrected chi connectivity index (χ2v) is 12.1. The molecule has 0 spiro atoms. The Morgan fingerprint density at radius 2 is 1.88 bits per heavy atom. The van der Waals surface area contributed by atoms with E-state index in [0.29, 0.717) is 59.1 Å². The number of fused-ring (bicyclic) bond motifs is 1. The summed E-state index contributed by atoms with van der Waals surface area (Å²) in [6, 6.07) is 3.05. The van der Waals surface area contributed by atoms with Crippen molar-refractivity contribution in [2.24, 2.45) is 5.92 Å². The Labute approximate surface area is 242 Å². The van der Waals surface area contributed by atoms with E-state index < -0.39 is 42.3 Å². The number of hydrogen-bond acceptors (Lipinski definition) is 6. The van der Waals surface area contributed by atoms with Gasteiger partial charge >= 0.3 is 6.09 Å². The van der Waals surface area contributed by atoms with Crippen molar-refractivity contribution < 1.29 is 32.2 Å². The fourth-order valence-corrected chi connectivity index (χ4v) is 5.22. The zero-order valence-corrected chi connectivity index (χ0v) is 24.1. The topological polar surface area (TPSA) is 118 Å². The van der Waals surface area contributed by atoms with Gasteiger partial charge in [-0.1, -0.05) is 0 Å². The zero-order valence-electron chi connectivity index (χ0n) is 24.1. The van der Waals surface area contributed by atoms with Crippen LogP contribution in [0.5, 0.6) is 5.75 Å². The van der Waals surface area contributed by atoms with Crippen LogP contribution < -0.4 is 15.4 Å². The Morgan fingerprint density at radius 3 is 2.55 bits per heavy atom. The second-order valence-electron chi connectivity index (χ2n) is 12.1. The van der Waals surface area contributed by atoms with Gasteiger partial charge in [-0.05, 0) is 77.5 Å². The molecule has 3 N–H and O–H groups in total. The van der Waals surface area contributed by atoms with Gasteiger partial charge in [0.15, 0.2) is 0 Å². The largest absolute Gasteiger partial charge is 0.493 e. The van der Waals surface area contributed by atoms with Gasteiger partial charge in [0.2, 0.25) is 0 Å². The zero-order chi connectivity index (χ0) is 30.2. The molecule has 226 valence electrons. The molecule has 2 heterocycles. The van der Waals surface area contributed by atoms with Crippen molar-refractivity contribution in [2.45, 2.75) is 90.1 Å². The molecule has 2 aliphatic rings. The lowest BCUT2D eigenvalue weighted by Crippen LogP contribution is -2.50. The van der Waals surface area contributed by atoms with Crippen molar-refractivity contribution in [3.8, 4) is 17.0 Å². The summed E-state index contributed by atoms with van der Waals surface area (Å²) in [6.07, 6.45) is -0.496. The molecule has 0 aliphatic heterocycles. The number of aryl methyl sites for hydroxylation is 1. The van der Waals surface area contributed by atoms with Gasteiger partial charge in [-0.2, -0.15) is 0 Å². The minimum atomic E-state index is -2.68. The Kier molecular flexibility index (Phi) is 8.34. The van der Waals surface area contributed by atoms with E-state index in [1.54, 1.807) is 27.7 Å². The van der Waals surface area contributed by atoms with Gasteiger partial charge in [-0.3, -0.25) is 4.79 Å². The van der Waals surface area contributed by atoms with Crippen LogP contribution in [0, 0.1) is 12.8 Å². The summed E-state index contributed by atoms with van der Waals surface area (Å²) in [5, 5.41) is 5.49. The smallest absolute Gasteiger partial charge is 0.407 e. The lowest BCUT2D eigenvalue weighted by molar-refractivity contribution is 0.0436. The third-order valence-corrected chi connectivity index (χ3v) is 7.49. The number of carbonyl (C=O) groups is 2. The van der Waals surface area contributed by atoms with Gasteiger partial charge in [0.25, 0.3) is 12.3 Å². The van der Waals surface area contributed by atoms with Crippen LogP contribution in [0.25, 0.3) is 22.3 Å². The molecule has 0 unspecified atom stereocenters. The molecule has 1 aromatic carbocycles. The molecule has 0 saturated heterocycles. The van der Waals surface area contributed by atoms with Crippen LogP contribution in [0.4, 0.5) is 18.0 Å². The summed E-state index contributed by atoms with van der Waals surface area (Å²) in [4.78, 5) is 37.4. The summed E-state index contributed by atoms with van der Waals surface area (Å²) in [5.74, 6) is 0.439. The van der Waals surface area contributed by atoms with Crippen molar-refractivity contribution in [2.75, 3.05) is 6.61 Å². The Bertz CT molecular complexity index is 1470. The number of rotatable bonds is 8. The van der Waals surface area contributed by atoms with E-state index in [2.05, 4.69) is 25.6 Å². The minimum absolute atomic E-state index is 0.0238. The lowest BCUT2D eigenvalue weighted by Gasteiger charge is -2.33. The Balaban J connectivity index is 1.35. The summed E-state index contributed by atoms with van der Waals surface area (Å²) >= 11 is 0. The first-order valence-electron chi connectivity index (χ1n) is 14.2. The number of amides is 2. The molecule has 42 heavy (non-hydrogen) atoms. The molecule has 9 nitrogen and oxygen atoms in total. The van der Waals surface area contributed by atoms with Crippen molar-refractivity contribution in [1.29, 1.82) is 0 Å². The van der Waals surface area contributed by atoms with Crippen molar-refractivity contribution in [3.63, 3.8) is 0 Å². The lowest BCUT2D eigenvalue weighted by atomic mass is 9.89. The average Bonchev–Trinajstić information content (AvgIpc) is 3.67. The number of H-pyrrole nitrogens is 1. The number of aromatic nitrogens is 3. The molecule has 5 rings (SSSR count). The molecule has 2 saturated carbocycles. The highest BCUT2D eigenvalue weighted by Crippen LogP contribution is 2.38. The molecule has 3 aromatic rings. The molecule has 2 aromatic heterocycles. The maximum Gasteiger partial charge on any atom is 0.407 e. The third kappa shape index (κ3) is 6.79. The number of nitrogens with zero attached hydrogens (tertiary/aromatic N) is 2. The van der Waals surface area contributed by atoms with Crippen LogP contribution in [0.1, 0.15) is 80.9 Å². The highest BCUT2D eigenvalue weighted by molar-refractivity contribution is 6.09. The Hall–Kier alpha value is -3.83. The summed E-state index contributed by atoms with van der Waals surface area (Å²) in [5.41, 5.74) is 1.36. The highest BCUT2D eigenvalue weighted by Gasteiger charge is 2.34. The molecular formula is C30H36F3N5O4. The maximum absolute atomic E-state index is 15.0. The molecule has 3 atom stereocenters. The first-order valence-corrected chi connectivity index (χ1v) is 14.2. The maximum atomic E-state index is 15.0. The van der Waals surface area contributed by atoms with E-state index in [0.717, 1.165) is 12.8 Å². The van der Waals surface area contributed by atoms with E-state index in [4.69, 9.17) is 9.47 Å². The summed E-state index contributed by atoms with van der Waals surface area (Å²) in [6.45, 7) is 7.39. The van der Waals surface area contributed by atoms with E-state index in [1.165, 1.54) is 24.5 Å². The average molecular weight is 588 g/mol. The van der Waals surface area contributed by atoms with E-state index in [9.17, 15) is 22.8 Å². The van der Waals surface area contributed by atoms with Crippen LogP contribution in [-0.4, -0.2) is 57.4 Å². The monoisotopic (exact) mass is 587 g/mol. The number of benzene rings is 1. The van der Waals surface area contributed by atoms with Crippen LogP contribution >= 0.6 is 0 Å². The number of aromatic amines is 1. The molecule has 2 amide bonds. The van der Waals surface area contributed by atoms with Gasteiger partial charge in [0.1, 0.15) is 35.1 Å². The predicted molar refractivity (Wildman–Crippen MR) is 150 cm³/mol. The molecule has 2 fully saturated rings. The number of alkyl halides is 3. The van der Waals surface area contributed by atoms with Crippen LogP contribution in [0.15, 0.2) is 24.5 Å². The van der Waals surface area contributed by atoms with Gasteiger partial charge in [0, 0.05) is 29.3 Å². The predicted octanol–water partition coefficient (Wildman–Crippen LogP) is 6.17. The van der Waals surface area contributed by atoms with Crippen molar-refractivity contribution in [3.05, 3.63) is 41.3 Å². The van der Waals surface area contributed by atoms with E-state index in [-0.39, 0.29) is 17.5 Å². The molecule has 0 bridgehead atoms. The fourth-order valence-electron chi connectivity index (χ4n) is 5.22. The second kappa shape index (κ2) is 11.8. The van der Waals surface area contributed by atoms with E-state index in [1.807, 2.05) is 0 Å². The van der Waals surface area contributed by atoms with Crippen molar-refractivity contribution in [1.82, 2.24) is 25.6 Å². The highest BCUT2D eigenvalue weighted by atomic mass is 19.3. The van der Waals surface area contributed by atoms with Crippen LogP contribution in [0.3, 0.4) is 0 Å². The number of ether oxygens (including phenoxy) is 2. The van der Waals surface area contributed by atoms with Gasteiger partial charge in [0.05, 0.1) is 23.7 Å². The van der Waals surface area contributed by atoms with E-state index >= 15 is 0 Å². The van der Waals surface area contributed by atoms with Crippen LogP contribution in [0.2, 0.25) is 0 Å².